The summed E-state index contributed by atoms with van der Waals surface area (Å²) in [6.07, 6.45) is 3.15. The lowest BCUT2D eigenvalue weighted by molar-refractivity contribution is 0.0474. The highest BCUT2D eigenvalue weighted by Gasteiger charge is 2.10. The average Bonchev–Trinajstić information content (AvgIpc) is 2.66. The topological polar surface area (TPSA) is 39.2 Å². The van der Waals surface area contributed by atoms with Crippen LogP contribution in [0.2, 0.25) is 0 Å². The highest BCUT2D eigenvalue weighted by molar-refractivity contribution is 6.08. The fourth-order valence-corrected chi connectivity index (χ4v) is 2.96. The summed E-state index contributed by atoms with van der Waals surface area (Å²) in [4.78, 5) is 16.1. The van der Waals surface area contributed by atoms with Gasteiger partial charge in [-0.2, -0.15) is 0 Å². The van der Waals surface area contributed by atoms with Crippen molar-refractivity contribution in [2.75, 3.05) is 0 Å². The van der Waals surface area contributed by atoms with Crippen LogP contribution < -0.4 is 0 Å². The lowest BCUT2D eigenvalue weighted by Gasteiger charge is -2.11. The van der Waals surface area contributed by atoms with Crippen molar-refractivity contribution in [3.63, 3.8) is 0 Å². The third kappa shape index (κ3) is 2.61. The SMILES string of the molecule is O=C(OCc1cc2ccccc2c2ccccc12)c1cccnc1. The molecule has 3 heteroatoms. The number of hydrogen-bond donors (Lipinski definition) is 0. The van der Waals surface area contributed by atoms with Crippen molar-refractivity contribution in [1.82, 2.24) is 4.98 Å². The van der Waals surface area contributed by atoms with Gasteiger partial charge in [-0.25, -0.2) is 4.79 Å². The molecule has 0 N–H and O–H groups in total. The Hall–Kier alpha value is -3.20. The molecular formula is C21H15NO2. The Bertz CT molecular complexity index is 1030. The number of esters is 1. The first-order valence-electron chi connectivity index (χ1n) is 7.79. The molecule has 3 aromatic carbocycles. The zero-order valence-corrected chi connectivity index (χ0v) is 13.0. The van der Waals surface area contributed by atoms with Gasteiger partial charge in [0, 0.05) is 12.4 Å². The molecule has 0 radical (unpaired) electrons. The highest BCUT2D eigenvalue weighted by Crippen LogP contribution is 2.29. The maximum atomic E-state index is 12.2. The van der Waals surface area contributed by atoms with Gasteiger partial charge in [-0.15, -0.1) is 0 Å². The van der Waals surface area contributed by atoms with Gasteiger partial charge in [-0.3, -0.25) is 4.98 Å². The number of aromatic nitrogens is 1. The van der Waals surface area contributed by atoms with Gasteiger partial charge in [0.1, 0.15) is 6.61 Å². The molecule has 0 saturated heterocycles. The Kier molecular flexibility index (Phi) is 3.67. The van der Waals surface area contributed by atoms with Crippen LogP contribution in [0.5, 0.6) is 0 Å². The van der Waals surface area contributed by atoms with E-state index in [2.05, 4.69) is 35.3 Å². The van der Waals surface area contributed by atoms with Crippen LogP contribution in [0.25, 0.3) is 21.5 Å². The van der Waals surface area contributed by atoms with Crippen LogP contribution in [0, 0.1) is 0 Å². The Morgan fingerprint density at radius 3 is 2.42 bits per heavy atom. The van der Waals surface area contributed by atoms with Crippen LogP contribution in [-0.4, -0.2) is 11.0 Å². The maximum absolute atomic E-state index is 12.2. The second-order valence-electron chi connectivity index (χ2n) is 5.62. The monoisotopic (exact) mass is 313 g/mol. The fraction of sp³-hybridized carbons (Fsp3) is 0.0476. The lowest BCUT2D eigenvalue weighted by Crippen LogP contribution is -2.05. The average molecular weight is 313 g/mol. The number of rotatable bonds is 3. The molecule has 0 bridgehead atoms. The van der Waals surface area contributed by atoms with Crippen LogP contribution in [0.4, 0.5) is 0 Å². The van der Waals surface area contributed by atoms with Crippen LogP contribution in [-0.2, 0) is 11.3 Å². The largest absolute Gasteiger partial charge is 0.457 e. The Morgan fingerprint density at radius 1 is 0.875 bits per heavy atom. The van der Waals surface area contributed by atoms with E-state index in [1.807, 2.05) is 24.3 Å². The van der Waals surface area contributed by atoms with Crippen molar-refractivity contribution >= 4 is 27.5 Å². The first-order valence-corrected chi connectivity index (χ1v) is 7.79. The molecule has 0 aliphatic carbocycles. The maximum Gasteiger partial charge on any atom is 0.340 e. The molecule has 4 aromatic rings. The molecule has 1 heterocycles. The number of carbonyl (C=O) groups excluding carboxylic acids is 1. The molecule has 0 fully saturated rings. The van der Waals surface area contributed by atoms with Gasteiger partial charge in [-0.05, 0) is 45.3 Å². The molecule has 1 aromatic heterocycles. The van der Waals surface area contributed by atoms with Gasteiger partial charge < -0.3 is 4.74 Å². The molecule has 0 spiro atoms. The number of carbonyl (C=O) groups is 1. The number of hydrogen-bond acceptors (Lipinski definition) is 3. The quantitative estimate of drug-likeness (QED) is 0.405. The van der Waals surface area contributed by atoms with Gasteiger partial charge in [0.15, 0.2) is 0 Å². The summed E-state index contributed by atoms with van der Waals surface area (Å²) in [7, 11) is 0. The molecule has 24 heavy (non-hydrogen) atoms. The minimum absolute atomic E-state index is 0.235. The van der Waals surface area contributed by atoms with E-state index in [-0.39, 0.29) is 12.6 Å². The first kappa shape index (κ1) is 14.4. The summed E-state index contributed by atoms with van der Waals surface area (Å²) < 4.78 is 5.49. The van der Waals surface area contributed by atoms with E-state index in [1.54, 1.807) is 18.3 Å². The van der Waals surface area contributed by atoms with E-state index < -0.39 is 0 Å². The summed E-state index contributed by atoms with van der Waals surface area (Å²) >= 11 is 0. The molecule has 0 saturated carbocycles. The third-order valence-corrected chi connectivity index (χ3v) is 4.11. The third-order valence-electron chi connectivity index (χ3n) is 4.11. The second-order valence-corrected chi connectivity index (χ2v) is 5.62. The van der Waals surface area contributed by atoms with Crippen LogP contribution >= 0.6 is 0 Å². The molecule has 0 aliphatic heterocycles. The Morgan fingerprint density at radius 2 is 1.62 bits per heavy atom. The minimum atomic E-state index is -0.361. The molecule has 4 rings (SSSR count). The molecular weight excluding hydrogens is 298 g/mol. The van der Waals surface area contributed by atoms with Gasteiger partial charge >= 0.3 is 5.97 Å². The molecule has 0 unspecified atom stereocenters. The Balaban J connectivity index is 1.72. The van der Waals surface area contributed by atoms with E-state index in [9.17, 15) is 4.79 Å². The van der Waals surface area contributed by atoms with Crippen molar-refractivity contribution in [3.05, 3.63) is 90.3 Å². The van der Waals surface area contributed by atoms with E-state index in [0.29, 0.717) is 5.56 Å². The second kappa shape index (κ2) is 6.13. The predicted octanol–water partition coefficient (Wildman–Crippen LogP) is 4.75. The van der Waals surface area contributed by atoms with E-state index >= 15 is 0 Å². The van der Waals surface area contributed by atoms with Crippen molar-refractivity contribution in [3.8, 4) is 0 Å². The van der Waals surface area contributed by atoms with Crippen molar-refractivity contribution in [2.45, 2.75) is 6.61 Å². The molecule has 3 nitrogen and oxygen atoms in total. The van der Waals surface area contributed by atoms with Crippen LogP contribution in [0.1, 0.15) is 15.9 Å². The number of nitrogens with zero attached hydrogens (tertiary/aromatic N) is 1. The summed E-state index contributed by atoms with van der Waals surface area (Å²) in [5.41, 5.74) is 1.46. The zero-order chi connectivity index (χ0) is 16.4. The van der Waals surface area contributed by atoms with Crippen molar-refractivity contribution in [1.29, 1.82) is 0 Å². The van der Waals surface area contributed by atoms with Crippen molar-refractivity contribution in [2.24, 2.45) is 0 Å². The van der Waals surface area contributed by atoms with E-state index in [1.165, 1.54) is 17.0 Å². The standard InChI is InChI=1S/C21H15NO2/c23-21(16-7-5-11-22-13-16)24-14-17-12-15-6-1-2-8-18(15)20-10-4-3-9-19(17)20/h1-13H,14H2. The molecule has 0 aliphatic rings. The van der Waals surface area contributed by atoms with Gasteiger partial charge in [-0.1, -0.05) is 48.5 Å². The number of ether oxygens (including phenoxy) is 1. The van der Waals surface area contributed by atoms with Crippen LogP contribution in [0.15, 0.2) is 79.1 Å². The fourth-order valence-electron chi connectivity index (χ4n) is 2.96. The first-order chi connectivity index (χ1) is 11.8. The summed E-state index contributed by atoms with van der Waals surface area (Å²) in [5, 5.41) is 4.62. The zero-order valence-electron chi connectivity index (χ0n) is 13.0. The summed E-state index contributed by atoms with van der Waals surface area (Å²) in [6, 6.07) is 22.0. The van der Waals surface area contributed by atoms with Gasteiger partial charge in [0.05, 0.1) is 5.56 Å². The molecule has 116 valence electrons. The van der Waals surface area contributed by atoms with Gasteiger partial charge in [0.2, 0.25) is 0 Å². The normalized spacial score (nSPS) is 10.8. The summed E-state index contributed by atoms with van der Waals surface area (Å²) in [5.74, 6) is -0.361. The Labute approximate surface area is 139 Å². The molecule has 0 atom stereocenters. The van der Waals surface area contributed by atoms with E-state index in [0.717, 1.165) is 16.3 Å². The smallest absolute Gasteiger partial charge is 0.340 e. The summed E-state index contributed by atoms with van der Waals surface area (Å²) in [6.45, 7) is 0.235. The predicted molar refractivity (Wildman–Crippen MR) is 94.8 cm³/mol. The highest BCUT2D eigenvalue weighted by atomic mass is 16.5. The van der Waals surface area contributed by atoms with Crippen molar-refractivity contribution < 1.29 is 9.53 Å². The lowest BCUT2D eigenvalue weighted by atomic mass is 9.98. The minimum Gasteiger partial charge on any atom is -0.457 e. The van der Waals surface area contributed by atoms with Gasteiger partial charge in [0.25, 0.3) is 0 Å². The number of fused-ring (bicyclic) bond motifs is 3. The van der Waals surface area contributed by atoms with E-state index in [4.69, 9.17) is 4.74 Å². The number of benzene rings is 3. The van der Waals surface area contributed by atoms with Crippen LogP contribution in [0.3, 0.4) is 0 Å². The number of pyridine rings is 1. The molecule has 0 amide bonds.